The van der Waals surface area contributed by atoms with Crippen molar-refractivity contribution in [1.29, 1.82) is 0 Å². The van der Waals surface area contributed by atoms with E-state index in [2.05, 4.69) is 25.7 Å². The first-order valence-electron chi connectivity index (χ1n) is 4.47. The van der Waals surface area contributed by atoms with E-state index >= 15 is 0 Å². The van der Waals surface area contributed by atoms with Crippen molar-refractivity contribution in [2.24, 2.45) is 0 Å². The standard InChI is InChI=1S/C9H11N5O/c1-15-8-2-9(14-13-6-8)10-3-7-4-11-12-5-7/h2,4-6H,3H2,1H3,(H,10,14)(H,11,12). The number of aromatic amines is 1. The molecular formula is C9H11N5O. The Bertz CT molecular complexity index is 414. The maximum absolute atomic E-state index is 5.03. The summed E-state index contributed by atoms with van der Waals surface area (Å²) in [6, 6.07) is 1.78. The third-order valence-corrected chi connectivity index (χ3v) is 1.89. The highest BCUT2D eigenvalue weighted by Gasteiger charge is 1.98. The zero-order valence-corrected chi connectivity index (χ0v) is 8.27. The molecule has 0 aliphatic heterocycles. The van der Waals surface area contributed by atoms with E-state index in [1.165, 1.54) is 0 Å². The average Bonchev–Trinajstić information content (AvgIpc) is 2.79. The predicted octanol–water partition coefficient (Wildman–Crippen LogP) is 0.820. The van der Waals surface area contributed by atoms with Crippen molar-refractivity contribution < 1.29 is 4.74 Å². The quantitative estimate of drug-likeness (QED) is 0.772. The molecule has 0 atom stereocenters. The Hall–Kier alpha value is -2.11. The second kappa shape index (κ2) is 4.41. The number of H-pyrrole nitrogens is 1. The van der Waals surface area contributed by atoms with E-state index in [0.29, 0.717) is 18.1 Å². The molecule has 0 saturated carbocycles. The Morgan fingerprint density at radius 1 is 1.47 bits per heavy atom. The number of rotatable bonds is 4. The van der Waals surface area contributed by atoms with Crippen molar-refractivity contribution in [3.8, 4) is 5.75 Å². The fourth-order valence-electron chi connectivity index (χ4n) is 1.11. The molecule has 0 fully saturated rings. The van der Waals surface area contributed by atoms with Gasteiger partial charge in [-0.05, 0) is 0 Å². The summed E-state index contributed by atoms with van der Waals surface area (Å²) in [5, 5.41) is 17.4. The van der Waals surface area contributed by atoms with Crippen molar-refractivity contribution in [3.63, 3.8) is 0 Å². The summed E-state index contributed by atoms with van der Waals surface area (Å²) < 4.78 is 5.03. The van der Waals surface area contributed by atoms with Crippen LogP contribution in [0.4, 0.5) is 5.82 Å². The summed E-state index contributed by atoms with van der Waals surface area (Å²) in [5.41, 5.74) is 1.06. The lowest BCUT2D eigenvalue weighted by atomic mass is 10.3. The summed E-state index contributed by atoms with van der Waals surface area (Å²) in [6.45, 7) is 0.651. The molecule has 15 heavy (non-hydrogen) atoms. The van der Waals surface area contributed by atoms with Crippen molar-refractivity contribution in [1.82, 2.24) is 20.4 Å². The van der Waals surface area contributed by atoms with E-state index in [1.54, 1.807) is 25.6 Å². The average molecular weight is 205 g/mol. The molecule has 2 aromatic heterocycles. The summed E-state index contributed by atoms with van der Waals surface area (Å²) >= 11 is 0. The molecule has 2 aromatic rings. The molecule has 0 aliphatic rings. The lowest BCUT2D eigenvalue weighted by Crippen LogP contribution is -2.01. The van der Waals surface area contributed by atoms with Gasteiger partial charge in [0.1, 0.15) is 5.75 Å². The van der Waals surface area contributed by atoms with Crippen LogP contribution in [0.15, 0.2) is 24.7 Å². The molecule has 0 saturated heterocycles. The minimum absolute atomic E-state index is 0.651. The van der Waals surface area contributed by atoms with Gasteiger partial charge in [-0.3, -0.25) is 5.10 Å². The van der Waals surface area contributed by atoms with Crippen LogP contribution in [0.1, 0.15) is 5.56 Å². The topological polar surface area (TPSA) is 75.7 Å². The highest BCUT2D eigenvalue weighted by molar-refractivity contribution is 5.38. The molecule has 0 bridgehead atoms. The summed E-state index contributed by atoms with van der Waals surface area (Å²) in [5.74, 6) is 1.36. The van der Waals surface area contributed by atoms with Gasteiger partial charge in [0.25, 0.3) is 0 Å². The number of hydrogen-bond donors (Lipinski definition) is 2. The number of nitrogens with zero attached hydrogens (tertiary/aromatic N) is 3. The summed E-state index contributed by atoms with van der Waals surface area (Å²) in [4.78, 5) is 0. The van der Waals surface area contributed by atoms with Crippen LogP contribution in [0.5, 0.6) is 5.75 Å². The molecule has 2 rings (SSSR count). The van der Waals surface area contributed by atoms with Crippen LogP contribution in [-0.2, 0) is 6.54 Å². The molecule has 0 unspecified atom stereocenters. The molecule has 2 N–H and O–H groups in total. The number of hydrogen-bond acceptors (Lipinski definition) is 5. The van der Waals surface area contributed by atoms with Gasteiger partial charge in [-0.25, -0.2) is 0 Å². The van der Waals surface area contributed by atoms with Crippen molar-refractivity contribution in [2.75, 3.05) is 12.4 Å². The maximum Gasteiger partial charge on any atom is 0.152 e. The highest BCUT2D eigenvalue weighted by atomic mass is 16.5. The van der Waals surface area contributed by atoms with Crippen LogP contribution in [0.2, 0.25) is 0 Å². The molecule has 0 aliphatic carbocycles. The number of methoxy groups -OCH3 is 1. The lowest BCUT2D eigenvalue weighted by molar-refractivity contribution is 0.412. The van der Waals surface area contributed by atoms with Gasteiger partial charge in [0.05, 0.1) is 19.5 Å². The van der Waals surface area contributed by atoms with Crippen LogP contribution in [0.3, 0.4) is 0 Å². The Morgan fingerprint density at radius 3 is 3.13 bits per heavy atom. The molecule has 0 aromatic carbocycles. The van der Waals surface area contributed by atoms with Crippen molar-refractivity contribution in [2.45, 2.75) is 6.54 Å². The Morgan fingerprint density at radius 2 is 2.40 bits per heavy atom. The fraction of sp³-hybridized carbons (Fsp3) is 0.222. The molecular weight excluding hydrogens is 194 g/mol. The molecule has 6 heteroatoms. The zero-order valence-electron chi connectivity index (χ0n) is 8.27. The predicted molar refractivity (Wildman–Crippen MR) is 54.5 cm³/mol. The maximum atomic E-state index is 5.03. The first-order chi connectivity index (χ1) is 7.38. The first kappa shape index (κ1) is 9.45. The van der Waals surface area contributed by atoms with Crippen molar-refractivity contribution >= 4 is 5.82 Å². The smallest absolute Gasteiger partial charge is 0.152 e. The minimum Gasteiger partial charge on any atom is -0.495 e. The van der Waals surface area contributed by atoms with Gasteiger partial charge in [-0.2, -0.15) is 10.2 Å². The molecule has 78 valence electrons. The first-order valence-corrected chi connectivity index (χ1v) is 4.47. The second-order valence-electron chi connectivity index (χ2n) is 2.94. The monoisotopic (exact) mass is 205 g/mol. The summed E-state index contributed by atoms with van der Waals surface area (Å²) in [6.07, 6.45) is 5.13. The third-order valence-electron chi connectivity index (χ3n) is 1.89. The third kappa shape index (κ3) is 2.43. The van der Waals surface area contributed by atoms with Gasteiger partial charge < -0.3 is 10.1 Å². The van der Waals surface area contributed by atoms with Gasteiger partial charge in [-0.15, -0.1) is 5.10 Å². The van der Waals surface area contributed by atoms with E-state index < -0.39 is 0 Å². The molecule has 0 amide bonds. The molecule has 2 heterocycles. The summed E-state index contributed by atoms with van der Waals surface area (Å²) in [7, 11) is 1.59. The number of aromatic nitrogens is 4. The van der Waals surface area contributed by atoms with Gasteiger partial charge in [0.2, 0.25) is 0 Å². The normalized spacial score (nSPS) is 9.93. The van der Waals surface area contributed by atoms with Crippen LogP contribution in [0, 0.1) is 0 Å². The Labute approximate surface area is 86.7 Å². The van der Waals surface area contributed by atoms with E-state index in [9.17, 15) is 0 Å². The molecule has 6 nitrogen and oxygen atoms in total. The van der Waals surface area contributed by atoms with Crippen LogP contribution in [-0.4, -0.2) is 27.5 Å². The Kier molecular flexibility index (Phi) is 2.77. The van der Waals surface area contributed by atoms with E-state index in [4.69, 9.17) is 4.74 Å². The zero-order chi connectivity index (χ0) is 10.5. The second-order valence-corrected chi connectivity index (χ2v) is 2.94. The van der Waals surface area contributed by atoms with E-state index in [0.717, 1.165) is 5.56 Å². The number of ether oxygens (including phenoxy) is 1. The van der Waals surface area contributed by atoms with Gasteiger partial charge >= 0.3 is 0 Å². The van der Waals surface area contributed by atoms with Gasteiger partial charge in [-0.1, -0.05) is 0 Å². The van der Waals surface area contributed by atoms with Crippen molar-refractivity contribution in [3.05, 3.63) is 30.2 Å². The lowest BCUT2D eigenvalue weighted by Gasteiger charge is -2.04. The van der Waals surface area contributed by atoms with Crippen LogP contribution < -0.4 is 10.1 Å². The van der Waals surface area contributed by atoms with Crippen LogP contribution in [0.25, 0.3) is 0 Å². The SMILES string of the molecule is COc1cnnc(NCc2cn[nH]c2)c1. The van der Waals surface area contributed by atoms with E-state index in [1.807, 2.05) is 6.20 Å². The number of nitrogens with one attached hydrogen (secondary N) is 2. The number of anilines is 1. The minimum atomic E-state index is 0.651. The van der Waals surface area contributed by atoms with Crippen LogP contribution >= 0.6 is 0 Å². The molecule has 0 radical (unpaired) electrons. The Balaban J connectivity index is 1.98. The van der Waals surface area contributed by atoms with Gasteiger partial charge in [0.15, 0.2) is 5.82 Å². The van der Waals surface area contributed by atoms with Gasteiger partial charge in [0, 0.05) is 24.4 Å². The fourth-order valence-corrected chi connectivity index (χ4v) is 1.11. The van der Waals surface area contributed by atoms with E-state index in [-0.39, 0.29) is 0 Å². The molecule has 0 spiro atoms. The largest absolute Gasteiger partial charge is 0.495 e. The highest BCUT2D eigenvalue weighted by Crippen LogP contribution is 2.12.